The van der Waals surface area contributed by atoms with Crippen molar-refractivity contribution in [3.8, 4) is 0 Å². The second-order valence-electron chi connectivity index (χ2n) is 10.5. The summed E-state index contributed by atoms with van der Waals surface area (Å²) in [5, 5.41) is 0. The van der Waals surface area contributed by atoms with E-state index in [-0.39, 0.29) is 0 Å². The fourth-order valence-electron chi connectivity index (χ4n) is 4.91. The van der Waals surface area contributed by atoms with E-state index in [1.165, 1.54) is 68.3 Å². The molecule has 1 aromatic carbocycles. The van der Waals surface area contributed by atoms with Gasteiger partial charge in [0.15, 0.2) is 0 Å². The Morgan fingerprint density at radius 3 is 2.33 bits per heavy atom. The Morgan fingerprint density at radius 2 is 1.64 bits per heavy atom. The van der Waals surface area contributed by atoms with E-state index in [4.69, 9.17) is 5.73 Å². The number of nitrogens with two attached hydrogens (primary N) is 1. The lowest BCUT2D eigenvalue weighted by atomic mass is 9.91. The summed E-state index contributed by atoms with van der Waals surface area (Å²) in [5.41, 5.74) is 13.1. The van der Waals surface area contributed by atoms with Crippen molar-refractivity contribution in [2.75, 3.05) is 33.2 Å². The quantitative estimate of drug-likeness (QED) is 0.418. The van der Waals surface area contributed by atoms with Gasteiger partial charge in [0.25, 0.3) is 0 Å². The third-order valence-corrected chi connectivity index (χ3v) is 7.25. The van der Waals surface area contributed by atoms with E-state index >= 15 is 0 Å². The van der Waals surface area contributed by atoms with Crippen LogP contribution in [0.25, 0.3) is 0 Å². The van der Waals surface area contributed by atoms with Gasteiger partial charge in [-0.1, -0.05) is 56.9 Å². The van der Waals surface area contributed by atoms with Crippen molar-refractivity contribution in [1.29, 1.82) is 0 Å². The minimum atomic E-state index is 0.307. The molecule has 0 aliphatic carbocycles. The zero-order valence-electron chi connectivity index (χ0n) is 24.1. The lowest BCUT2D eigenvalue weighted by molar-refractivity contribution is 0.170. The van der Waals surface area contributed by atoms with Crippen LogP contribution in [0.2, 0.25) is 0 Å². The Kier molecular flexibility index (Phi) is 13.1. The van der Waals surface area contributed by atoms with Crippen LogP contribution in [-0.4, -0.2) is 54.7 Å². The van der Waals surface area contributed by atoms with Crippen LogP contribution in [0.1, 0.15) is 85.6 Å². The molecule has 3 heterocycles. The van der Waals surface area contributed by atoms with Crippen LogP contribution in [0.15, 0.2) is 57.0 Å². The molecule has 0 spiro atoms. The molecular weight excluding hydrogens is 442 g/mol. The van der Waals surface area contributed by atoms with Crippen molar-refractivity contribution >= 4 is 17.4 Å². The van der Waals surface area contributed by atoms with Gasteiger partial charge in [-0.3, -0.25) is 4.90 Å². The van der Waals surface area contributed by atoms with Gasteiger partial charge in [-0.05, 0) is 108 Å². The number of likely N-dealkylation sites (N-methyl/N-ethyl adjacent to an activating group) is 1. The SMILES string of the molecule is CC.CC(C)=C1/C=C(C)/C(C)=N/C(N)=Nc2cccc(c2)CN2CCC(CCCCCN(C)C1)CC2. The van der Waals surface area contributed by atoms with Crippen molar-refractivity contribution in [3.05, 3.63) is 52.6 Å². The first-order valence-electron chi connectivity index (χ1n) is 14.0. The zero-order valence-corrected chi connectivity index (χ0v) is 24.1. The molecule has 0 amide bonds. The fraction of sp³-hybridized carbons (Fsp3) is 0.613. The third kappa shape index (κ3) is 10.4. The van der Waals surface area contributed by atoms with Gasteiger partial charge in [-0.25, -0.2) is 9.98 Å². The van der Waals surface area contributed by atoms with Gasteiger partial charge in [0.05, 0.1) is 5.69 Å². The summed E-state index contributed by atoms with van der Waals surface area (Å²) in [5.74, 6) is 1.20. The number of piperidine rings is 1. The number of hydrogen-bond donors (Lipinski definition) is 1. The lowest BCUT2D eigenvalue weighted by Gasteiger charge is -2.32. The van der Waals surface area contributed by atoms with Crippen LogP contribution in [-0.2, 0) is 6.54 Å². The summed E-state index contributed by atoms with van der Waals surface area (Å²) in [6.07, 6.45) is 10.3. The average Bonchev–Trinajstić information content (AvgIpc) is 2.85. The summed E-state index contributed by atoms with van der Waals surface area (Å²) in [4.78, 5) is 14.2. The molecule has 4 bridgehead atoms. The second kappa shape index (κ2) is 15.8. The van der Waals surface area contributed by atoms with Gasteiger partial charge in [0, 0.05) is 18.8 Å². The Balaban J connectivity index is 0.00000222. The van der Waals surface area contributed by atoms with E-state index in [2.05, 4.69) is 71.9 Å². The first kappa shape index (κ1) is 30.0. The molecule has 5 heteroatoms. The van der Waals surface area contributed by atoms with Crippen LogP contribution in [0.3, 0.4) is 0 Å². The van der Waals surface area contributed by atoms with Crippen molar-refractivity contribution in [2.45, 2.75) is 86.6 Å². The Morgan fingerprint density at radius 1 is 0.917 bits per heavy atom. The molecule has 3 aliphatic heterocycles. The summed E-state index contributed by atoms with van der Waals surface area (Å²) >= 11 is 0. The highest BCUT2D eigenvalue weighted by atomic mass is 15.1. The number of fused-ring (bicyclic) bond motifs is 12. The monoisotopic (exact) mass is 493 g/mol. The van der Waals surface area contributed by atoms with Crippen molar-refractivity contribution in [2.24, 2.45) is 21.6 Å². The molecule has 0 radical (unpaired) electrons. The van der Waals surface area contributed by atoms with Crippen LogP contribution < -0.4 is 5.73 Å². The predicted octanol–water partition coefficient (Wildman–Crippen LogP) is 7.12. The molecule has 2 N–H and O–H groups in total. The maximum Gasteiger partial charge on any atom is 0.220 e. The molecule has 4 rings (SSSR count). The molecule has 1 saturated heterocycles. The summed E-state index contributed by atoms with van der Waals surface area (Å²) in [7, 11) is 2.24. The van der Waals surface area contributed by atoms with Gasteiger partial charge in [-0.15, -0.1) is 0 Å². The molecule has 0 aromatic heterocycles. The minimum absolute atomic E-state index is 0.307. The largest absolute Gasteiger partial charge is 0.368 e. The van der Waals surface area contributed by atoms with Crippen molar-refractivity contribution in [1.82, 2.24) is 9.80 Å². The number of nitrogens with zero attached hydrogens (tertiary/aromatic N) is 4. The fourth-order valence-corrected chi connectivity index (χ4v) is 4.91. The topological polar surface area (TPSA) is 57.2 Å². The third-order valence-electron chi connectivity index (χ3n) is 7.25. The Hall–Kier alpha value is -2.24. The average molecular weight is 494 g/mol. The maximum absolute atomic E-state index is 6.23. The molecular formula is C31H51N5. The van der Waals surface area contributed by atoms with E-state index in [9.17, 15) is 0 Å². The molecule has 0 saturated carbocycles. The Labute approximate surface area is 221 Å². The van der Waals surface area contributed by atoms with Crippen LogP contribution in [0.4, 0.5) is 5.69 Å². The number of allylic oxidation sites excluding steroid dienone is 2. The highest BCUT2D eigenvalue weighted by molar-refractivity contribution is 6.05. The van der Waals surface area contributed by atoms with Gasteiger partial charge >= 0.3 is 0 Å². The van der Waals surface area contributed by atoms with Gasteiger partial charge in [0.1, 0.15) is 0 Å². The zero-order chi connectivity index (χ0) is 26.5. The van der Waals surface area contributed by atoms with E-state index in [0.717, 1.165) is 42.5 Å². The number of aliphatic imine (C=N–C) groups is 2. The van der Waals surface area contributed by atoms with E-state index in [0.29, 0.717) is 5.96 Å². The highest BCUT2D eigenvalue weighted by Crippen LogP contribution is 2.25. The molecule has 3 aliphatic rings. The molecule has 0 unspecified atom stereocenters. The molecule has 1 aromatic rings. The molecule has 0 atom stereocenters. The van der Waals surface area contributed by atoms with Gasteiger partial charge < -0.3 is 10.6 Å². The second-order valence-corrected chi connectivity index (χ2v) is 10.5. The molecule has 1 fully saturated rings. The number of benzene rings is 1. The summed E-state index contributed by atoms with van der Waals surface area (Å²) < 4.78 is 0. The smallest absolute Gasteiger partial charge is 0.220 e. The minimum Gasteiger partial charge on any atom is -0.368 e. The highest BCUT2D eigenvalue weighted by Gasteiger charge is 2.19. The number of rotatable bonds is 0. The summed E-state index contributed by atoms with van der Waals surface area (Å²) in [6, 6.07) is 8.42. The molecule has 5 nitrogen and oxygen atoms in total. The van der Waals surface area contributed by atoms with Crippen molar-refractivity contribution < 1.29 is 0 Å². The predicted molar refractivity (Wildman–Crippen MR) is 158 cm³/mol. The van der Waals surface area contributed by atoms with E-state index in [1.54, 1.807) is 0 Å². The van der Waals surface area contributed by atoms with Crippen LogP contribution >= 0.6 is 0 Å². The molecule has 36 heavy (non-hydrogen) atoms. The maximum atomic E-state index is 6.23. The van der Waals surface area contributed by atoms with Gasteiger partial charge in [0.2, 0.25) is 5.96 Å². The first-order valence-corrected chi connectivity index (χ1v) is 14.0. The number of hydrogen-bond acceptors (Lipinski definition) is 5. The van der Waals surface area contributed by atoms with E-state index in [1.807, 2.05) is 26.8 Å². The van der Waals surface area contributed by atoms with Crippen molar-refractivity contribution in [3.63, 3.8) is 0 Å². The van der Waals surface area contributed by atoms with Crippen LogP contribution in [0, 0.1) is 5.92 Å². The first-order chi connectivity index (χ1) is 17.3. The van der Waals surface area contributed by atoms with Crippen LogP contribution in [0.5, 0.6) is 0 Å². The van der Waals surface area contributed by atoms with E-state index < -0.39 is 0 Å². The standard InChI is InChI=1S/C29H45N5.C2H6/c1-22(2)27-18-23(3)24(4)31-29(30)32-28-12-9-11-26(19-28)20-34-16-13-25(14-17-34)10-7-6-8-15-33(5)21-27;1-2/h9,11-12,18-19,25H,6-8,10,13-17,20-21H2,1-5H3,(H2,30,32);1-2H3/b23-18+,31-24+;. The normalized spacial score (nSPS) is 26.1. The lowest BCUT2D eigenvalue weighted by Crippen LogP contribution is -2.33. The summed E-state index contributed by atoms with van der Waals surface area (Å²) in [6.45, 7) is 18.0. The van der Waals surface area contributed by atoms with Gasteiger partial charge in [-0.2, -0.15) is 0 Å². The Bertz CT molecular complexity index is 928. The molecule has 200 valence electrons. The number of guanidine groups is 1.